The van der Waals surface area contributed by atoms with Gasteiger partial charge in [-0.1, -0.05) is 42.5 Å². The van der Waals surface area contributed by atoms with Gasteiger partial charge in [0.1, 0.15) is 0 Å². The molecule has 1 amide bonds. The second kappa shape index (κ2) is 7.70. The summed E-state index contributed by atoms with van der Waals surface area (Å²) >= 11 is 0. The van der Waals surface area contributed by atoms with Gasteiger partial charge < -0.3 is 15.3 Å². The van der Waals surface area contributed by atoms with Gasteiger partial charge in [-0.2, -0.15) is 0 Å². The third kappa shape index (κ3) is 4.40. The predicted molar refractivity (Wildman–Crippen MR) is 101 cm³/mol. The Labute approximate surface area is 149 Å². The van der Waals surface area contributed by atoms with Crippen molar-refractivity contribution in [1.82, 2.24) is 5.32 Å². The van der Waals surface area contributed by atoms with Crippen molar-refractivity contribution < 1.29 is 9.90 Å². The first-order valence-electron chi connectivity index (χ1n) is 8.81. The highest BCUT2D eigenvalue weighted by atomic mass is 16.3. The van der Waals surface area contributed by atoms with E-state index in [1.165, 1.54) is 0 Å². The lowest BCUT2D eigenvalue weighted by atomic mass is 9.75. The number of anilines is 1. The van der Waals surface area contributed by atoms with Crippen LogP contribution in [0.15, 0.2) is 54.6 Å². The summed E-state index contributed by atoms with van der Waals surface area (Å²) in [6, 6.07) is 18.1. The molecule has 1 fully saturated rings. The number of carbonyl (C=O) groups excluding carboxylic acids is 1. The van der Waals surface area contributed by atoms with Gasteiger partial charge in [0.15, 0.2) is 0 Å². The molecule has 1 aliphatic rings. The fourth-order valence-corrected chi connectivity index (χ4v) is 3.36. The molecule has 0 heterocycles. The lowest BCUT2D eigenvalue weighted by Gasteiger charge is -2.38. The summed E-state index contributed by atoms with van der Waals surface area (Å²) in [5.41, 5.74) is 3.23. The number of amides is 1. The van der Waals surface area contributed by atoms with Crippen molar-refractivity contribution >= 4 is 11.6 Å². The number of nitrogens with one attached hydrogen (secondary N) is 1. The Morgan fingerprint density at radius 3 is 2.32 bits per heavy atom. The van der Waals surface area contributed by atoms with Crippen LogP contribution in [-0.2, 0) is 11.2 Å². The number of hydrogen-bond donors (Lipinski definition) is 2. The molecule has 0 saturated heterocycles. The van der Waals surface area contributed by atoms with Gasteiger partial charge in [0.05, 0.1) is 18.6 Å². The van der Waals surface area contributed by atoms with E-state index in [1.54, 1.807) is 0 Å². The summed E-state index contributed by atoms with van der Waals surface area (Å²) in [5.74, 6) is 0.324. The van der Waals surface area contributed by atoms with Gasteiger partial charge in [-0.05, 0) is 42.0 Å². The molecule has 0 aliphatic heterocycles. The van der Waals surface area contributed by atoms with E-state index in [9.17, 15) is 9.90 Å². The van der Waals surface area contributed by atoms with Crippen LogP contribution in [0.5, 0.6) is 0 Å². The van der Waals surface area contributed by atoms with Crippen LogP contribution < -0.4 is 10.2 Å². The maximum Gasteiger partial charge on any atom is 0.224 e. The molecule has 4 nitrogen and oxygen atoms in total. The number of nitrogens with zero attached hydrogens (tertiary/aromatic N) is 1. The molecule has 2 aromatic rings. The quantitative estimate of drug-likeness (QED) is 0.851. The monoisotopic (exact) mass is 338 g/mol. The molecule has 1 saturated carbocycles. The molecule has 0 radical (unpaired) electrons. The standard InChI is InChI=1S/C21H26N2O2/c1-23(2)18-10-8-15(9-11-18)12-20(25)22-21(17-13-19(24)14-17)16-6-4-3-5-7-16/h3-11,17,19,21,24H,12-14H2,1-2H3,(H,22,25)/t17?,19?,21-/m1/s1. The number of benzene rings is 2. The second-order valence-electron chi connectivity index (χ2n) is 7.08. The molecule has 0 bridgehead atoms. The highest BCUT2D eigenvalue weighted by Gasteiger charge is 2.35. The predicted octanol–water partition coefficient (Wildman–Crippen LogP) is 2.92. The van der Waals surface area contributed by atoms with Crippen LogP contribution in [0.3, 0.4) is 0 Å². The van der Waals surface area contributed by atoms with Crippen LogP contribution in [0, 0.1) is 5.92 Å². The van der Waals surface area contributed by atoms with Crippen LogP contribution in [0.4, 0.5) is 5.69 Å². The average Bonchev–Trinajstić information content (AvgIpc) is 2.58. The molecule has 0 spiro atoms. The number of hydrogen-bond acceptors (Lipinski definition) is 3. The fraction of sp³-hybridized carbons (Fsp3) is 0.381. The van der Waals surface area contributed by atoms with E-state index in [4.69, 9.17) is 0 Å². The van der Waals surface area contributed by atoms with Crippen molar-refractivity contribution in [1.29, 1.82) is 0 Å². The molecule has 1 aliphatic carbocycles. The van der Waals surface area contributed by atoms with Crippen LogP contribution in [-0.4, -0.2) is 31.2 Å². The molecule has 132 valence electrons. The molecular weight excluding hydrogens is 312 g/mol. The van der Waals surface area contributed by atoms with Crippen molar-refractivity contribution in [3.8, 4) is 0 Å². The van der Waals surface area contributed by atoms with Gasteiger partial charge in [-0.25, -0.2) is 0 Å². The number of aliphatic hydroxyl groups excluding tert-OH is 1. The van der Waals surface area contributed by atoms with Crippen molar-refractivity contribution in [2.75, 3.05) is 19.0 Å². The molecule has 2 aromatic carbocycles. The first-order valence-corrected chi connectivity index (χ1v) is 8.81. The van der Waals surface area contributed by atoms with Crippen LogP contribution in [0.1, 0.15) is 30.0 Å². The Hall–Kier alpha value is -2.33. The maximum absolute atomic E-state index is 12.6. The molecule has 0 unspecified atom stereocenters. The van der Waals surface area contributed by atoms with Crippen LogP contribution in [0.25, 0.3) is 0 Å². The third-order valence-electron chi connectivity index (χ3n) is 4.91. The Morgan fingerprint density at radius 1 is 1.12 bits per heavy atom. The molecule has 1 atom stereocenters. The van der Waals surface area contributed by atoms with Crippen molar-refractivity contribution in [2.45, 2.75) is 31.4 Å². The van der Waals surface area contributed by atoms with Crippen LogP contribution >= 0.6 is 0 Å². The zero-order valence-electron chi connectivity index (χ0n) is 14.9. The summed E-state index contributed by atoms with van der Waals surface area (Å²) in [5, 5.41) is 12.8. The van der Waals surface area contributed by atoms with Gasteiger partial charge in [0.2, 0.25) is 5.91 Å². The van der Waals surface area contributed by atoms with Gasteiger partial charge in [0, 0.05) is 19.8 Å². The van der Waals surface area contributed by atoms with Gasteiger partial charge in [-0.15, -0.1) is 0 Å². The largest absolute Gasteiger partial charge is 0.393 e. The molecule has 0 aromatic heterocycles. The van der Waals surface area contributed by atoms with E-state index in [0.29, 0.717) is 12.3 Å². The minimum atomic E-state index is -0.230. The van der Waals surface area contributed by atoms with E-state index >= 15 is 0 Å². The summed E-state index contributed by atoms with van der Waals surface area (Å²) in [6.07, 6.45) is 1.63. The number of carbonyl (C=O) groups is 1. The van der Waals surface area contributed by atoms with Gasteiger partial charge in [0.25, 0.3) is 0 Å². The Balaban J connectivity index is 1.66. The van der Waals surface area contributed by atoms with E-state index in [0.717, 1.165) is 29.7 Å². The summed E-state index contributed by atoms with van der Waals surface area (Å²) < 4.78 is 0. The fourth-order valence-electron chi connectivity index (χ4n) is 3.36. The Kier molecular flexibility index (Phi) is 5.39. The lowest BCUT2D eigenvalue weighted by molar-refractivity contribution is -0.122. The highest BCUT2D eigenvalue weighted by molar-refractivity contribution is 5.79. The molecule has 4 heteroatoms. The first-order chi connectivity index (χ1) is 12.0. The normalized spacial score (nSPS) is 20.4. The van der Waals surface area contributed by atoms with Gasteiger partial charge >= 0.3 is 0 Å². The SMILES string of the molecule is CN(C)c1ccc(CC(=O)N[C@H](c2ccccc2)C2CC(O)C2)cc1. The zero-order valence-corrected chi connectivity index (χ0v) is 14.9. The maximum atomic E-state index is 12.6. The van der Waals surface area contributed by atoms with E-state index in [1.807, 2.05) is 73.6 Å². The third-order valence-corrected chi connectivity index (χ3v) is 4.91. The van der Waals surface area contributed by atoms with Crippen molar-refractivity contribution in [3.05, 3.63) is 65.7 Å². The molecule has 25 heavy (non-hydrogen) atoms. The lowest BCUT2D eigenvalue weighted by Crippen LogP contribution is -2.41. The Bertz CT molecular complexity index is 692. The Morgan fingerprint density at radius 2 is 1.76 bits per heavy atom. The van der Waals surface area contributed by atoms with E-state index < -0.39 is 0 Å². The average molecular weight is 338 g/mol. The number of aliphatic hydroxyl groups is 1. The van der Waals surface area contributed by atoms with Crippen molar-refractivity contribution in [2.24, 2.45) is 5.92 Å². The van der Waals surface area contributed by atoms with Crippen LogP contribution in [0.2, 0.25) is 0 Å². The smallest absolute Gasteiger partial charge is 0.224 e. The minimum Gasteiger partial charge on any atom is -0.393 e. The topological polar surface area (TPSA) is 52.6 Å². The molecular formula is C21H26N2O2. The van der Waals surface area contributed by atoms with E-state index in [2.05, 4.69) is 5.32 Å². The molecule has 3 rings (SSSR count). The zero-order chi connectivity index (χ0) is 17.8. The summed E-state index contributed by atoms with van der Waals surface area (Å²) in [4.78, 5) is 14.6. The summed E-state index contributed by atoms with van der Waals surface area (Å²) in [7, 11) is 4.00. The number of rotatable bonds is 6. The van der Waals surface area contributed by atoms with E-state index in [-0.39, 0.29) is 18.1 Å². The summed E-state index contributed by atoms with van der Waals surface area (Å²) in [6.45, 7) is 0. The first kappa shape index (κ1) is 17.5. The second-order valence-corrected chi connectivity index (χ2v) is 7.08. The van der Waals surface area contributed by atoms with Gasteiger partial charge in [-0.3, -0.25) is 4.79 Å². The molecule has 2 N–H and O–H groups in total. The minimum absolute atomic E-state index is 0.0212. The highest BCUT2D eigenvalue weighted by Crippen LogP contribution is 2.38. The van der Waals surface area contributed by atoms with Crippen molar-refractivity contribution in [3.63, 3.8) is 0 Å².